The SMILES string of the molecule is COc1ccc(C(=O)Oc2cc(/C=C(\C#N)C(=O)Nc3ccccc3C(F)(F)F)ccc2OC)cc1. The van der Waals surface area contributed by atoms with E-state index >= 15 is 0 Å². The molecule has 0 saturated heterocycles. The van der Waals surface area contributed by atoms with Gasteiger partial charge in [0.25, 0.3) is 5.91 Å². The van der Waals surface area contributed by atoms with Crippen LogP contribution in [0, 0.1) is 11.3 Å². The van der Waals surface area contributed by atoms with Crippen molar-refractivity contribution < 1.29 is 37.0 Å². The van der Waals surface area contributed by atoms with Crippen molar-refractivity contribution in [1.29, 1.82) is 5.26 Å². The number of rotatable bonds is 7. The Balaban J connectivity index is 1.86. The Hall–Kier alpha value is -4.78. The second-order valence-corrected chi connectivity index (χ2v) is 7.20. The third kappa shape index (κ3) is 6.21. The molecule has 3 aromatic rings. The minimum atomic E-state index is -4.70. The molecular formula is C26H19F3N2O5. The van der Waals surface area contributed by atoms with Gasteiger partial charge in [-0.1, -0.05) is 18.2 Å². The smallest absolute Gasteiger partial charge is 0.418 e. The second-order valence-electron chi connectivity index (χ2n) is 7.20. The summed E-state index contributed by atoms with van der Waals surface area (Å²) in [5, 5.41) is 11.6. The van der Waals surface area contributed by atoms with Crippen LogP contribution in [0.5, 0.6) is 17.2 Å². The van der Waals surface area contributed by atoms with Crippen molar-refractivity contribution in [3.63, 3.8) is 0 Å². The lowest BCUT2D eigenvalue weighted by Crippen LogP contribution is -2.17. The number of methoxy groups -OCH3 is 2. The average molecular weight is 496 g/mol. The van der Waals surface area contributed by atoms with Crippen molar-refractivity contribution in [3.05, 3.63) is 89.0 Å². The number of nitrogens with one attached hydrogen (secondary N) is 1. The molecular weight excluding hydrogens is 477 g/mol. The first-order valence-electron chi connectivity index (χ1n) is 10.3. The fourth-order valence-electron chi connectivity index (χ4n) is 3.09. The average Bonchev–Trinajstić information content (AvgIpc) is 2.87. The third-order valence-electron chi connectivity index (χ3n) is 4.87. The summed E-state index contributed by atoms with van der Waals surface area (Å²) in [6.07, 6.45) is -3.55. The summed E-state index contributed by atoms with van der Waals surface area (Å²) >= 11 is 0. The Morgan fingerprint density at radius 2 is 1.64 bits per heavy atom. The molecule has 0 fully saturated rings. The van der Waals surface area contributed by atoms with Crippen molar-refractivity contribution in [2.24, 2.45) is 0 Å². The van der Waals surface area contributed by atoms with Gasteiger partial charge in [-0.05, 0) is 60.2 Å². The molecule has 3 aromatic carbocycles. The zero-order valence-electron chi connectivity index (χ0n) is 19.1. The van der Waals surface area contributed by atoms with E-state index in [1.165, 1.54) is 56.7 Å². The zero-order valence-corrected chi connectivity index (χ0v) is 19.1. The molecule has 0 spiro atoms. The molecule has 184 valence electrons. The van der Waals surface area contributed by atoms with E-state index in [0.29, 0.717) is 5.75 Å². The van der Waals surface area contributed by atoms with E-state index in [1.807, 2.05) is 0 Å². The number of hydrogen-bond acceptors (Lipinski definition) is 6. The van der Waals surface area contributed by atoms with E-state index in [9.17, 15) is 28.0 Å². The molecule has 0 atom stereocenters. The van der Waals surface area contributed by atoms with Gasteiger partial charge >= 0.3 is 12.1 Å². The molecule has 0 unspecified atom stereocenters. The molecule has 0 aliphatic rings. The number of benzene rings is 3. The summed E-state index contributed by atoms with van der Waals surface area (Å²) in [6.45, 7) is 0. The minimum Gasteiger partial charge on any atom is -0.497 e. The highest BCUT2D eigenvalue weighted by Crippen LogP contribution is 2.35. The summed E-state index contributed by atoms with van der Waals surface area (Å²) in [7, 11) is 2.85. The van der Waals surface area contributed by atoms with Gasteiger partial charge in [-0.25, -0.2) is 4.79 Å². The van der Waals surface area contributed by atoms with Gasteiger partial charge in [0.15, 0.2) is 11.5 Å². The predicted octanol–water partition coefficient (Wildman–Crippen LogP) is 5.49. The quantitative estimate of drug-likeness (QED) is 0.201. The van der Waals surface area contributed by atoms with Crippen LogP contribution in [0.15, 0.2) is 72.3 Å². The first-order chi connectivity index (χ1) is 17.2. The number of carbonyl (C=O) groups is 2. The highest BCUT2D eigenvalue weighted by atomic mass is 19.4. The molecule has 36 heavy (non-hydrogen) atoms. The number of hydrogen-bond donors (Lipinski definition) is 1. The number of anilines is 1. The Morgan fingerprint density at radius 1 is 0.944 bits per heavy atom. The van der Waals surface area contributed by atoms with Gasteiger partial charge in [-0.15, -0.1) is 0 Å². The minimum absolute atomic E-state index is 0.00665. The van der Waals surface area contributed by atoms with Crippen LogP contribution in [0.1, 0.15) is 21.5 Å². The molecule has 10 heteroatoms. The van der Waals surface area contributed by atoms with Gasteiger partial charge in [-0.3, -0.25) is 4.79 Å². The van der Waals surface area contributed by atoms with E-state index in [2.05, 4.69) is 5.32 Å². The Labute approximate surface area is 204 Å². The number of para-hydroxylation sites is 1. The maximum Gasteiger partial charge on any atom is 0.418 e. The van der Waals surface area contributed by atoms with Crippen molar-refractivity contribution in [1.82, 2.24) is 0 Å². The standard InChI is InChI=1S/C26H19F3N2O5/c1-34-19-10-8-17(9-11-19)25(33)36-23-14-16(7-12-22(23)35-2)13-18(15-30)24(32)31-21-6-4-3-5-20(21)26(27,28)29/h3-14H,1-2H3,(H,31,32)/b18-13+. The highest BCUT2D eigenvalue weighted by Gasteiger charge is 2.33. The van der Waals surface area contributed by atoms with Gasteiger partial charge in [0.1, 0.15) is 17.4 Å². The van der Waals surface area contributed by atoms with Crippen LogP contribution in [0.25, 0.3) is 6.08 Å². The molecule has 3 rings (SSSR count). The number of halogens is 3. The number of nitrogens with zero attached hydrogens (tertiary/aromatic N) is 1. The fourth-order valence-corrected chi connectivity index (χ4v) is 3.09. The lowest BCUT2D eigenvalue weighted by Gasteiger charge is -2.13. The van der Waals surface area contributed by atoms with Crippen LogP contribution in [0.3, 0.4) is 0 Å². The topological polar surface area (TPSA) is 97.7 Å². The Morgan fingerprint density at radius 3 is 2.25 bits per heavy atom. The Bertz CT molecular complexity index is 1340. The predicted molar refractivity (Wildman–Crippen MR) is 125 cm³/mol. The van der Waals surface area contributed by atoms with Crippen molar-refractivity contribution in [2.75, 3.05) is 19.5 Å². The molecule has 1 N–H and O–H groups in total. The molecule has 7 nitrogen and oxygen atoms in total. The molecule has 0 bridgehead atoms. The first kappa shape index (κ1) is 25.8. The van der Waals surface area contributed by atoms with E-state index in [-0.39, 0.29) is 22.6 Å². The van der Waals surface area contributed by atoms with Crippen LogP contribution < -0.4 is 19.5 Å². The van der Waals surface area contributed by atoms with Crippen LogP contribution in [-0.4, -0.2) is 26.1 Å². The second kappa shape index (κ2) is 11.1. The van der Waals surface area contributed by atoms with E-state index in [0.717, 1.165) is 18.2 Å². The van der Waals surface area contributed by atoms with Crippen molar-refractivity contribution >= 4 is 23.6 Å². The number of amides is 1. The Kier molecular flexibility index (Phi) is 7.96. The fraction of sp³-hybridized carbons (Fsp3) is 0.115. The largest absolute Gasteiger partial charge is 0.497 e. The summed E-state index contributed by atoms with van der Waals surface area (Å²) in [6, 6.07) is 16.6. The monoisotopic (exact) mass is 496 g/mol. The number of ether oxygens (including phenoxy) is 3. The van der Waals surface area contributed by atoms with E-state index in [1.54, 1.807) is 18.2 Å². The molecule has 0 radical (unpaired) electrons. The van der Waals surface area contributed by atoms with Crippen LogP contribution in [0.2, 0.25) is 0 Å². The molecule has 0 aliphatic heterocycles. The maximum atomic E-state index is 13.2. The number of alkyl halides is 3. The van der Waals surface area contributed by atoms with Gasteiger partial charge in [0.05, 0.1) is 31.0 Å². The lowest BCUT2D eigenvalue weighted by atomic mass is 10.1. The molecule has 1 amide bonds. The normalized spacial score (nSPS) is 11.3. The van der Waals surface area contributed by atoms with Crippen molar-refractivity contribution in [2.45, 2.75) is 6.18 Å². The van der Waals surface area contributed by atoms with E-state index < -0.39 is 34.9 Å². The zero-order chi connectivity index (χ0) is 26.3. The van der Waals surface area contributed by atoms with Gasteiger partial charge in [0, 0.05) is 0 Å². The maximum absolute atomic E-state index is 13.2. The van der Waals surface area contributed by atoms with Crippen LogP contribution >= 0.6 is 0 Å². The third-order valence-corrected chi connectivity index (χ3v) is 4.87. The molecule has 0 aromatic heterocycles. The molecule has 0 saturated carbocycles. The lowest BCUT2D eigenvalue weighted by molar-refractivity contribution is -0.137. The van der Waals surface area contributed by atoms with Crippen LogP contribution in [-0.2, 0) is 11.0 Å². The number of esters is 1. The van der Waals surface area contributed by atoms with Crippen molar-refractivity contribution in [3.8, 4) is 23.3 Å². The summed E-state index contributed by atoms with van der Waals surface area (Å²) in [5.41, 5.74) is -1.50. The van der Waals surface area contributed by atoms with Gasteiger partial charge in [0.2, 0.25) is 0 Å². The van der Waals surface area contributed by atoms with Gasteiger partial charge < -0.3 is 19.5 Å². The summed E-state index contributed by atoms with van der Waals surface area (Å²) < 4.78 is 55.3. The number of carbonyl (C=O) groups excluding carboxylic acids is 2. The highest BCUT2D eigenvalue weighted by molar-refractivity contribution is 6.10. The van der Waals surface area contributed by atoms with Gasteiger partial charge in [-0.2, -0.15) is 18.4 Å². The number of nitriles is 1. The molecule has 0 heterocycles. The summed E-state index contributed by atoms with van der Waals surface area (Å²) in [5.74, 6) is -0.972. The first-order valence-corrected chi connectivity index (χ1v) is 10.3. The summed E-state index contributed by atoms with van der Waals surface area (Å²) in [4.78, 5) is 25.1. The van der Waals surface area contributed by atoms with E-state index in [4.69, 9.17) is 14.2 Å². The van der Waals surface area contributed by atoms with Crippen LogP contribution in [0.4, 0.5) is 18.9 Å². The molecule has 0 aliphatic carbocycles.